The van der Waals surface area contributed by atoms with E-state index >= 15 is 0 Å². The largest absolute Gasteiger partial charge is 0.326 e. The zero-order chi connectivity index (χ0) is 19.6. The van der Waals surface area contributed by atoms with Crippen molar-refractivity contribution in [3.8, 4) is 0 Å². The summed E-state index contributed by atoms with van der Waals surface area (Å²) in [6, 6.07) is 11.7. The second-order valence-electron chi connectivity index (χ2n) is 6.89. The van der Waals surface area contributed by atoms with E-state index in [1.165, 1.54) is 0 Å². The maximum atomic E-state index is 12.6. The molecular formula is C22H25N3O2. The van der Waals surface area contributed by atoms with Crippen LogP contribution in [0.1, 0.15) is 35.7 Å². The smallest absolute Gasteiger partial charge is 0.272 e. The van der Waals surface area contributed by atoms with Gasteiger partial charge in [-0.1, -0.05) is 25.1 Å². The standard InChI is InChI=1S/C22H25N3O2/c1-5-17-8-6-7-9-18(17)24-21(26)10-11-25-20-13-15(3)14(2)12-19(20)23-16(4)22(25)27/h6-9,12-13H,5,10-11H2,1-4H3,(H,24,26). The molecule has 1 N–H and O–H groups in total. The minimum absolute atomic E-state index is 0.103. The lowest BCUT2D eigenvalue weighted by atomic mass is 10.1. The lowest BCUT2D eigenvalue weighted by Crippen LogP contribution is -2.26. The Hall–Kier alpha value is -2.95. The van der Waals surface area contributed by atoms with Crippen LogP contribution in [0, 0.1) is 20.8 Å². The van der Waals surface area contributed by atoms with Gasteiger partial charge in [-0.15, -0.1) is 0 Å². The summed E-state index contributed by atoms with van der Waals surface area (Å²) in [5.41, 5.74) is 6.02. The molecule has 0 fully saturated rings. The molecule has 0 saturated carbocycles. The van der Waals surface area contributed by atoms with E-state index in [0.29, 0.717) is 12.2 Å². The monoisotopic (exact) mass is 363 g/mol. The minimum atomic E-state index is -0.146. The van der Waals surface area contributed by atoms with Crippen LogP contribution in [0.3, 0.4) is 0 Å². The Morgan fingerprint density at radius 2 is 1.81 bits per heavy atom. The van der Waals surface area contributed by atoms with Gasteiger partial charge in [0.25, 0.3) is 5.56 Å². The van der Waals surface area contributed by atoms with Crippen molar-refractivity contribution in [3.05, 3.63) is 69.1 Å². The number of rotatable bonds is 5. The number of aromatic nitrogens is 2. The van der Waals surface area contributed by atoms with Crippen LogP contribution in [0.2, 0.25) is 0 Å². The van der Waals surface area contributed by atoms with Gasteiger partial charge in [-0.05, 0) is 62.1 Å². The Morgan fingerprint density at radius 1 is 1.11 bits per heavy atom. The van der Waals surface area contributed by atoms with Gasteiger partial charge in [-0.2, -0.15) is 0 Å². The number of hydrogen-bond donors (Lipinski definition) is 1. The fraction of sp³-hybridized carbons (Fsp3) is 0.318. The molecular weight excluding hydrogens is 338 g/mol. The van der Waals surface area contributed by atoms with Crippen molar-refractivity contribution in [2.75, 3.05) is 5.32 Å². The highest BCUT2D eigenvalue weighted by atomic mass is 16.2. The normalized spacial score (nSPS) is 11.0. The highest BCUT2D eigenvalue weighted by Gasteiger charge is 2.12. The second-order valence-corrected chi connectivity index (χ2v) is 6.89. The molecule has 1 amide bonds. The summed E-state index contributed by atoms with van der Waals surface area (Å²) in [5, 5.41) is 2.96. The molecule has 1 aromatic heterocycles. The molecule has 1 heterocycles. The molecule has 5 heteroatoms. The summed E-state index contributed by atoms with van der Waals surface area (Å²) < 4.78 is 1.66. The van der Waals surface area contributed by atoms with E-state index in [9.17, 15) is 9.59 Å². The fourth-order valence-corrected chi connectivity index (χ4v) is 3.22. The van der Waals surface area contributed by atoms with Crippen LogP contribution < -0.4 is 10.9 Å². The molecule has 3 rings (SSSR count). The van der Waals surface area contributed by atoms with Gasteiger partial charge in [-0.25, -0.2) is 4.98 Å². The maximum Gasteiger partial charge on any atom is 0.272 e. The Balaban J connectivity index is 1.86. The maximum absolute atomic E-state index is 12.6. The van der Waals surface area contributed by atoms with Gasteiger partial charge in [-0.3, -0.25) is 9.59 Å². The second kappa shape index (κ2) is 7.74. The number of hydrogen-bond acceptors (Lipinski definition) is 3. The third kappa shape index (κ3) is 3.92. The number of fused-ring (bicyclic) bond motifs is 1. The molecule has 2 aromatic carbocycles. The number of carbonyl (C=O) groups is 1. The van der Waals surface area contributed by atoms with E-state index in [4.69, 9.17) is 0 Å². The van der Waals surface area contributed by atoms with Gasteiger partial charge in [0.1, 0.15) is 5.69 Å². The number of benzene rings is 2. The molecule has 0 atom stereocenters. The van der Waals surface area contributed by atoms with Gasteiger partial charge in [0.2, 0.25) is 5.91 Å². The number of amides is 1. The van der Waals surface area contributed by atoms with E-state index in [-0.39, 0.29) is 17.9 Å². The Bertz CT molecular complexity index is 1070. The lowest BCUT2D eigenvalue weighted by molar-refractivity contribution is -0.116. The first-order valence-corrected chi connectivity index (χ1v) is 9.27. The first-order chi connectivity index (χ1) is 12.9. The van der Waals surface area contributed by atoms with E-state index in [2.05, 4.69) is 17.2 Å². The summed E-state index contributed by atoms with van der Waals surface area (Å²) >= 11 is 0. The number of aryl methyl sites for hydroxylation is 5. The molecule has 0 bridgehead atoms. The van der Waals surface area contributed by atoms with Crippen LogP contribution >= 0.6 is 0 Å². The van der Waals surface area contributed by atoms with Gasteiger partial charge >= 0.3 is 0 Å². The predicted molar refractivity (Wildman–Crippen MR) is 109 cm³/mol. The minimum Gasteiger partial charge on any atom is -0.326 e. The quantitative estimate of drug-likeness (QED) is 0.747. The van der Waals surface area contributed by atoms with E-state index in [1.54, 1.807) is 11.5 Å². The molecule has 0 spiro atoms. The van der Waals surface area contributed by atoms with Crippen LogP contribution in [0.4, 0.5) is 5.69 Å². The molecule has 140 valence electrons. The molecule has 3 aromatic rings. The number of nitrogens with zero attached hydrogens (tertiary/aromatic N) is 2. The molecule has 0 saturated heterocycles. The summed E-state index contributed by atoms with van der Waals surface area (Å²) in [5.74, 6) is -0.103. The summed E-state index contributed by atoms with van der Waals surface area (Å²) in [6.07, 6.45) is 1.08. The molecule has 0 unspecified atom stereocenters. The average Bonchev–Trinajstić information content (AvgIpc) is 2.64. The zero-order valence-electron chi connectivity index (χ0n) is 16.3. The molecule has 0 aliphatic heterocycles. The van der Waals surface area contributed by atoms with Crippen molar-refractivity contribution in [3.63, 3.8) is 0 Å². The molecule has 0 radical (unpaired) electrons. The highest BCUT2D eigenvalue weighted by Crippen LogP contribution is 2.18. The van der Waals surface area contributed by atoms with Crippen molar-refractivity contribution >= 4 is 22.6 Å². The van der Waals surface area contributed by atoms with Crippen molar-refractivity contribution in [2.45, 2.75) is 47.1 Å². The molecule has 0 aliphatic carbocycles. The van der Waals surface area contributed by atoms with Crippen molar-refractivity contribution in [1.29, 1.82) is 0 Å². The fourth-order valence-electron chi connectivity index (χ4n) is 3.22. The number of anilines is 1. The molecule has 27 heavy (non-hydrogen) atoms. The van der Waals surface area contributed by atoms with Crippen LogP contribution in [0.25, 0.3) is 11.0 Å². The number of para-hydroxylation sites is 1. The van der Waals surface area contributed by atoms with Crippen LogP contribution in [-0.2, 0) is 17.8 Å². The Labute approximate surface area is 159 Å². The van der Waals surface area contributed by atoms with Gasteiger partial charge in [0, 0.05) is 18.7 Å². The van der Waals surface area contributed by atoms with E-state index in [1.807, 2.05) is 50.2 Å². The van der Waals surface area contributed by atoms with Crippen molar-refractivity contribution in [1.82, 2.24) is 9.55 Å². The summed E-state index contributed by atoms with van der Waals surface area (Å²) in [6.45, 7) is 8.13. The highest BCUT2D eigenvalue weighted by molar-refractivity contribution is 5.91. The number of nitrogens with one attached hydrogen (secondary N) is 1. The first-order valence-electron chi connectivity index (χ1n) is 9.27. The van der Waals surface area contributed by atoms with Crippen LogP contribution in [-0.4, -0.2) is 15.5 Å². The van der Waals surface area contributed by atoms with E-state index < -0.39 is 0 Å². The third-order valence-corrected chi connectivity index (χ3v) is 4.96. The lowest BCUT2D eigenvalue weighted by Gasteiger charge is -2.14. The van der Waals surface area contributed by atoms with Gasteiger partial charge in [0.15, 0.2) is 0 Å². The Morgan fingerprint density at radius 3 is 2.56 bits per heavy atom. The Kier molecular flexibility index (Phi) is 5.40. The first kappa shape index (κ1) is 18.8. The number of carbonyl (C=O) groups excluding carboxylic acids is 1. The van der Waals surface area contributed by atoms with Crippen molar-refractivity contribution < 1.29 is 4.79 Å². The van der Waals surface area contributed by atoms with Gasteiger partial charge in [0.05, 0.1) is 11.0 Å². The summed E-state index contributed by atoms with van der Waals surface area (Å²) in [7, 11) is 0. The summed E-state index contributed by atoms with van der Waals surface area (Å²) in [4.78, 5) is 29.5. The topological polar surface area (TPSA) is 64.0 Å². The predicted octanol–water partition coefficient (Wildman–Crippen LogP) is 3.91. The van der Waals surface area contributed by atoms with Crippen molar-refractivity contribution in [2.24, 2.45) is 0 Å². The van der Waals surface area contributed by atoms with E-state index in [0.717, 1.165) is 39.8 Å². The zero-order valence-corrected chi connectivity index (χ0v) is 16.3. The van der Waals surface area contributed by atoms with Crippen LogP contribution in [0.15, 0.2) is 41.2 Å². The average molecular weight is 363 g/mol. The third-order valence-electron chi connectivity index (χ3n) is 4.96. The SMILES string of the molecule is CCc1ccccc1NC(=O)CCn1c(=O)c(C)nc2cc(C)c(C)cc21. The molecule has 0 aliphatic rings. The van der Waals surface area contributed by atoms with Crippen LogP contribution in [0.5, 0.6) is 0 Å². The molecule has 5 nitrogen and oxygen atoms in total. The van der Waals surface area contributed by atoms with Gasteiger partial charge < -0.3 is 9.88 Å².